The number of methoxy groups -OCH3 is 2. The molecule has 1 heterocycles. The fourth-order valence-electron chi connectivity index (χ4n) is 5.03. The Balaban J connectivity index is 1.49. The van der Waals surface area contributed by atoms with Gasteiger partial charge in [0.2, 0.25) is 5.91 Å². The largest absolute Gasteiger partial charge is 0.493 e. The summed E-state index contributed by atoms with van der Waals surface area (Å²) in [4.78, 5) is 27.7. The van der Waals surface area contributed by atoms with Gasteiger partial charge in [0.05, 0.1) is 26.4 Å². The van der Waals surface area contributed by atoms with E-state index < -0.39 is 12.1 Å². The minimum Gasteiger partial charge on any atom is -0.493 e. The van der Waals surface area contributed by atoms with Crippen LogP contribution in [0, 0.1) is 0 Å². The number of hydrogen-bond acceptors (Lipinski definition) is 7. The fourth-order valence-corrected chi connectivity index (χ4v) is 5.03. The van der Waals surface area contributed by atoms with E-state index in [1.54, 1.807) is 31.3 Å². The van der Waals surface area contributed by atoms with Crippen molar-refractivity contribution in [1.29, 1.82) is 0 Å². The van der Waals surface area contributed by atoms with E-state index in [1.165, 1.54) is 0 Å². The first kappa shape index (κ1) is 29.9. The molecule has 0 aromatic heterocycles. The highest BCUT2D eigenvalue weighted by molar-refractivity contribution is 6.00. The third kappa shape index (κ3) is 7.99. The molecule has 0 spiro atoms. The Labute approximate surface area is 241 Å². The van der Waals surface area contributed by atoms with Gasteiger partial charge in [0, 0.05) is 49.5 Å². The molecule has 3 aromatic rings. The van der Waals surface area contributed by atoms with Gasteiger partial charge in [-0.3, -0.25) is 9.59 Å². The van der Waals surface area contributed by atoms with E-state index >= 15 is 0 Å². The maximum absolute atomic E-state index is 13.6. The van der Waals surface area contributed by atoms with Gasteiger partial charge in [-0.15, -0.1) is 0 Å². The van der Waals surface area contributed by atoms with E-state index in [9.17, 15) is 14.7 Å². The molecule has 0 bridgehead atoms. The molecule has 1 aliphatic heterocycles. The number of carbonyl (C=O) groups excluding carboxylic acids is 2. The summed E-state index contributed by atoms with van der Waals surface area (Å²) in [6, 6.07) is 20.3. The van der Waals surface area contributed by atoms with Gasteiger partial charge in [0.1, 0.15) is 0 Å². The summed E-state index contributed by atoms with van der Waals surface area (Å²) in [6.45, 7) is 4.06. The molecule has 9 heteroatoms. The van der Waals surface area contributed by atoms with E-state index in [0.29, 0.717) is 55.2 Å². The number of nitrogens with one attached hydrogen (secondary N) is 3. The molecular formula is C32H40N4O5. The van der Waals surface area contributed by atoms with Crippen LogP contribution in [0.2, 0.25) is 0 Å². The second kappa shape index (κ2) is 14.5. The minimum absolute atomic E-state index is 0.0583. The predicted molar refractivity (Wildman–Crippen MR) is 161 cm³/mol. The van der Waals surface area contributed by atoms with Crippen LogP contribution in [0.25, 0.3) is 0 Å². The lowest BCUT2D eigenvalue weighted by atomic mass is 10.00. The van der Waals surface area contributed by atoms with Gasteiger partial charge in [-0.05, 0) is 61.2 Å². The lowest BCUT2D eigenvalue weighted by Gasteiger charge is -2.25. The van der Waals surface area contributed by atoms with Crippen LogP contribution in [0.1, 0.15) is 41.3 Å². The van der Waals surface area contributed by atoms with Crippen molar-refractivity contribution in [3.8, 4) is 11.5 Å². The van der Waals surface area contributed by atoms with Crippen molar-refractivity contribution in [2.75, 3.05) is 44.1 Å². The van der Waals surface area contributed by atoms with Crippen LogP contribution in [0.3, 0.4) is 0 Å². The lowest BCUT2D eigenvalue weighted by molar-refractivity contribution is -0.117. The van der Waals surface area contributed by atoms with Crippen molar-refractivity contribution in [2.45, 2.75) is 44.9 Å². The molecule has 0 aliphatic carbocycles. The van der Waals surface area contributed by atoms with Crippen LogP contribution < -0.4 is 30.3 Å². The third-order valence-corrected chi connectivity index (χ3v) is 7.16. The quantitative estimate of drug-likeness (QED) is 0.238. The van der Waals surface area contributed by atoms with E-state index in [2.05, 4.69) is 16.0 Å². The van der Waals surface area contributed by atoms with Gasteiger partial charge in [0.25, 0.3) is 5.91 Å². The molecule has 1 fully saturated rings. The first-order valence-electron chi connectivity index (χ1n) is 14.1. The molecule has 0 unspecified atom stereocenters. The molecule has 218 valence electrons. The smallest absolute Gasteiger partial charge is 0.251 e. The number of rotatable bonds is 14. The first-order chi connectivity index (χ1) is 19.9. The number of aliphatic hydroxyl groups is 1. The normalized spacial score (nSPS) is 14.4. The summed E-state index contributed by atoms with van der Waals surface area (Å²) in [6.07, 6.45) is 0.897. The van der Waals surface area contributed by atoms with Crippen molar-refractivity contribution < 1.29 is 24.2 Å². The highest BCUT2D eigenvalue weighted by Crippen LogP contribution is 2.28. The number of anilines is 2. The van der Waals surface area contributed by atoms with E-state index in [4.69, 9.17) is 9.47 Å². The minimum atomic E-state index is -0.865. The number of aliphatic hydroxyl groups excluding tert-OH is 1. The van der Waals surface area contributed by atoms with E-state index in [1.807, 2.05) is 61.5 Å². The molecule has 41 heavy (non-hydrogen) atoms. The third-order valence-electron chi connectivity index (χ3n) is 7.16. The van der Waals surface area contributed by atoms with E-state index in [0.717, 1.165) is 23.2 Å². The second-order valence-electron chi connectivity index (χ2n) is 10.1. The highest BCUT2D eigenvalue weighted by atomic mass is 16.5. The predicted octanol–water partition coefficient (Wildman–Crippen LogP) is 3.75. The Bertz CT molecular complexity index is 1320. The van der Waals surface area contributed by atoms with E-state index in [-0.39, 0.29) is 18.4 Å². The lowest BCUT2D eigenvalue weighted by Crippen LogP contribution is -2.48. The molecule has 2 amide bonds. The highest BCUT2D eigenvalue weighted by Gasteiger charge is 2.26. The van der Waals surface area contributed by atoms with Crippen molar-refractivity contribution >= 4 is 23.2 Å². The van der Waals surface area contributed by atoms with Crippen LogP contribution in [0.5, 0.6) is 11.5 Å². The Morgan fingerprint density at radius 1 is 1.00 bits per heavy atom. The molecule has 0 radical (unpaired) electrons. The number of benzene rings is 3. The number of ether oxygens (including phenoxy) is 2. The average molecular weight is 561 g/mol. The fraction of sp³-hybridized carbons (Fsp3) is 0.375. The van der Waals surface area contributed by atoms with Crippen LogP contribution in [-0.2, 0) is 17.8 Å². The Hall–Kier alpha value is -4.08. The molecule has 4 rings (SSSR count). The van der Waals surface area contributed by atoms with Gasteiger partial charge in [0.15, 0.2) is 11.5 Å². The maximum atomic E-state index is 13.6. The number of nitrogens with zero attached hydrogens (tertiary/aromatic N) is 1. The molecule has 0 saturated carbocycles. The van der Waals surface area contributed by atoms with Crippen molar-refractivity contribution in [3.05, 3.63) is 83.4 Å². The molecule has 1 saturated heterocycles. The Morgan fingerprint density at radius 2 is 1.78 bits per heavy atom. The zero-order chi connectivity index (χ0) is 29.2. The summed E-state index contributed by atoms with van der Waals surface area (Å²) in [5.41, 5.74) is 3.88. The summed E-state index contributed by atoms with van der Waals surface area (Å²) in [7, 11) is 3.19. The number of carbonyl (C=O) groups is 2. The molecule has 1 aliphatic rings. The molecule has 4 N–H and O–H groups in total. The van der Waals surface area contributed by atoms with Crippen LogP contribution in [0.15, 0.2) is 66.7 Å². The zero-order valence-corrected chi connectivity index (χ0v) is 24.0. The molecular weight excluding hydrogens is 520 g/mol. The van der Waals surface area contributed by atoms with Crippen molar-refractivity contribution in [3.63, 3.8) is 0 Å². The molecule has 3 aromatic carbocycles. The summed E-state index contributed by atoms with van der Waals surface area (Å²) in [5.74, 6) is 1.04. The van der Waals surface area contributed by atoms with Gasteiger partial charge in [-0.25, -0.2) is 0 Å². The van der Waals surface area contributed by atoms with Gasteiger partial charge in [-0.2, -0.15) is 0 Å². The van der Waals surface area contributed by atoms with Gasteiger partial charge >= 0.3 is 0 Å². The summed E-state index contributed by atoms with van der Waals surface area (Å²) >= 11 is 0. The van der Waals surface area contributed by atoms with Crippen LogP contribution in [0.4, 0.5) is 11.4 Å². The van der Waals surface area contributed by atoms with Crippen molar-refractivity contribution in [1.82, 2.24) is 10.6 Å². The Morgan fingerprint density at radius 3 is 2.46 bits per heavy atom. The monoisotopic (exact) mass is 560 g/mol. The van der Waals surface area contributed by atoms with Crippen LogP contribution >= 0.6 is 0 Å². The Kier molecular flexibility index (Phi) is 10.6. The SMILES string of the molecule is CCNc1cc(C(=O)N[C@@H](Cc2ccccc2)[C@H](O)CNCc2ccc(OC)c(OC)c2)cc(N2CCCC2=O)c1. The first-order valence-corrected chi connectivity index (χ1v) is 14.1. The summed E-state index contributed by atoms with van der Waals surface area (Å²) in [5, 5.41) is 20.9. The maximum Gasteiger partial charge on any atom is 0.251 e. The standard InChI is InChI=1S/C32H40N4O5/c1-4-34-25-17-24(18-26(19-25)36-14-8-11-31(36)38)32(39)35-27(15-22-9-6-5-7-10-22)28(37)21-33-20-23-12-13-29(40-2)30(16-23)41-3/h5-7,9-10,12-13,16-19,27-28,33-34,37H,4,8,11,14-15,20-21H2,1-3H3,(H,35,39)/t27-,28+/m0/s1. The average Bonchev–Trinajstić information content (AvgIpc) is 3.42. The number of hydrogen-bond donors (Lipinski definition) is 4. The second-order valence-corrected chi connectivity index (χ2v) is 10.1. The molecule has 2 atom stereocenters. The topological polar surface area (TPSA) is 112 Å². The zero-order valence-electron chi connectivity index (χ0n) is 24.0. The van der Waals surface area contributed by atoms with Crippen LogP contribution in [-0.4, -0.2) is 62.9 Å². The molecule has 9 nitrogen and oxygen atoms in total. The van der Waals surface area contributed by atoms with Crippen molar-refractivity contribution in [2.24, 2.45) is 0 Å². The van der Waals surface area contributed by atoms with Gasteiger partial charge in [-0.1, -0.05) is 36.4 Å². The number of amides is 2. The van der Waals surface area contributed by atoms with Gasteiger partial charge < -0.3 is 35.4 Å². The summed E-state index contributed by atoms with van der Waals surface area (Å²) < 4.78 is 10.7.